The van der Waals surface area contributed by atoms with Gasteiger partial charge >= 0.3 is 5.97 Å². The molecule has 0 bridgehead atoms. The molecule has 0 aliphatic carbocycles. The van der Waals surface area contributed by atoms with Crippen molar-refractivity contribution in [2.75, 3.05) is 19.7 Å². The first-order valence-electron chi connectivity index (χ1n) is 18.6. The van der Waals surface area contributed by atoms with Gasteiger partial charge in [-0.3, -0.25) is 24.0 Å². The van der Waals surface area contributed by atoms with E-state index in [1.807, 2.05) is 37.1 Å². The number of phenolic OH excluding ortho intramolecular Hbond substituents is 1. The number of ether oxygens (including phenoxy) is 1. The highest BCUT2D eigenvalue weighted by Crippen LogP contribution is 2.15. The van der Waals surface area contributed by atoms with Crippen LogP contribution in [0, 0.1) is 5.92 Å². The number of benzene rings is 2. The molecule has 2 aromatic rings. The van der Waals surface area contributed by atoms with Gasteiger partial charge in [0.25, 0.3) is 0 Å². The molecule has 0 radical (unpaired) electrons. The third-order valence-electron chi connectivity index (χ3n) is 8.75. The first-order valence-corrected chi connectivity index (χ1v) is 18.6. The zero-order chi connectivity index (χ0) is 40.3. The molecule has 1 aliphatic heterocycles. The molecule has 0 fully saturated rings. The molecular formula is C40H55N7O8. The molecule has 1 unspecified atom stereocenters. The number of rotatable bonds is 22. The van der Waals surface area contributed by atoms with Crippen molar-refractivity contribution in [1.29, 1.82) is 0 Å². The Morgan fingerprint density at radius 1 is 0.836 bits per heavy atom. The van der Waals surface area contributed by atoms with Crippen LogP contribution < -0.4 is 32.7 Å². The number of carbonyl (C=O) groups excluding carboxylic acids is 6. The number of esters is 1. The molecule has 0 spiro atoms. The summed E-state index contributed by atoms with van der Waals surface area (Å²) in [5.41, 5.74) is 13.6. The predicted octanol–water partition coefficient (Wildman–Crippen LogP) is 1.44. The smallest absolute Gasteiger partial charge is 0.328 e. The van der Waals surface area contributed by atoms with Crippen LogP contribution in [-0.4, -0.2) is 89.4 Å². The van der Waals surface area contributed by atoms with Crippen molar-refractivity contribution in [1.82, 2.24) is 26.2 Å². The molecule has 0 saturated heterocycles. The van der Waals surface area contributed by atoms with Crippen LogP contribution in [0.1, 0.15) is 64.0 Å². The van der Waals surface area contributed by atoms with Crippen LogP contribution in [0.2, 0.25) is 0 Å². The van der Waals surface area contributed by atoms with Crippen molar-refractivity contribution in [2.24, 2.45) is 17.4 Å². The van der Waals surface area contributed by atoms with Crippen LogP contribution in [0.4, 0.5) is 0 Å². The van der Waals surface area contributed by atoms with Gasteiger partial charge in [-0.15, -0.1) is 0 Å². The van der Waals surface area contributed by atoms with Crippen molar-refractivity contribution in [3.63, 3.8) is 0 Å². The number of nitrogens with two attached hydrogens (primary N) is 2. The Balaban J connectivity index is 1.68. The van der Waals surface area contributed by atoms with Crippen molar-refractivity contribution in [3.8, 4) is 5.75 Å². The van der Waals surface area contributed by atoms with Crippen LogP contribution >= 0.6 is 0 Å². The fourth-order valence-corrected chi connectivity index (χ4v) is 5.88. The average Bonchev–Trinajstić information content (AvgIpc) is 3.15. The van der Waals surface area contributed by atoms with Gasteiger partial charge in [-0.05, 0) is 80.8 Å². The second-order valence-electron chi connectivity index (χ2n) is 13.8. The van der Waals surface area contributed by atoms with Crippen LogP contribution in [0.25, 0.3) is 0 Å². The largest absolute Gasteiger partial charge is 0.508 e. The summed E-state index contributed by atoms with van der Waals surface area (Å²) in [5, 5.41) is 20.3. The summed E-state index contributed by atoms with van der Waals surface area (Å²) in [7, 11) is 0. The maximum absolute atomic E-state index is 13.5. The highest BCUT2D eigenvalue weighted by atomic mass is 16.5. The van der Waals surface area contributed by atoms with Gasteiger partial charge in [-0.25, -0.2) is 4.79 Å². The fraction of sp³-hybridized carbons (Fsp3) is 0.450. The number of amides is 5. The lowest BCUT2D eigenvalue weighted by molar-refractivity contribution is -0.148. The predicted molar refractivity (Wildman–Crippen MR) is 206 cm³/mol. The molecule has 298 valence electrons. The Morgan fingerprint density at radius 2 is 1.51 bits per heavy atom. The molecule has 3 rings (SSSR count). The summed E-state index contributed by atoms with van der Waals surface area (Å²) in [4.78, 5) is 79.6. The number of aromatic hydroxyl groups is 1. The van der Waals surface area contributed by atoms with Gasteiger partial charge in [0.15, 0.2) is 0 Å². The molecule has 1 aliphatic rings. The molecule has 1 heterocycles. The molecule has 9 N–H and O–H groups in total. The maximum Gasteiger partial charge on any atom is 0.328 e. The van der Waals surface area contributed by atoms with Gasteiger partial charge in [-0.2, -0.15) is 0 Å². The SMILES string of the molecule is CCOC(=O)[C@H](CC(C)C)NC(=O)[C@H](Cc1ccccc1)NC(=O)CNC(=O)C(CCCCN1C=CCC(C(N)=O)=C1)NC(=O)[C@@H](N)Cc1ccc(O)cc1. The highest BCUT2D eigenvalue weighted by Gasteiger charge is 2.29. The third kappa shape index (κ3) is 15.7. The summed E-state index contributed by atoms with van der Waals surface area (Å²) < 4.78 is 5.17. The zero-order valence-corrected chi connectivity index (χ0v) is 31.8. The number of unbranched alkanes of at least 4 members (excludes halogenated alkanes) is 1. The average molecular weight is 762 g/mol. The minimum Gasteiger partial charge on any atom is -0.508 e. The van der Waals surface area contributed by atoms with E-state index in [-0.39, 0.29) is 37.5 Å². The lowest BCUT2D eigenvalue weighted by Gasteiger charge is -2.24. The standard InChI is InChI=1S/C40H55N7O8/c1-4-55-40(54)34(21-26(2)3)46-39(53)33(23-27-11-6-5-7-12-27)44-35(49)24-43-38(52)32(14-8-9-19-47-20-10-13-29(25-47)36(42)50)45-37(51)31(41)22-28-15-17-30(48)18-16-28/h5-7,10-12,15-18,20,25-26,31-34,48H,4,8-9,13-14,19,21-24,41H2,1-3H3,(H2,42,50)(H,43,52)(H,44,49)(H,45,51)(H,46,53)/t31-,32?,33-,34-/m0/s1. The fourth-order valence-electron chi connectivity index (χ4n) is 5.88. The van der Waals surface area contributed by atoms with E-state index in [2.05, 4.69) is 21.3 Å². The minimum absolute atomic E-state index is 0.0658. The molecule has 5 amide bonds. The molecule has 4 atom stereocenters. The van der Waals surface area contributed by atoms with Gasteiger partial charge in [0.1, 0.15) is 23.9 Å². The van der Waals surface area contributed by atoms with Crippen LogP contribution in [0.3, 0.4) is 0 Å². The van der Waals surface area contributed by atoms with E-state index in [9.17, 15) is 33.9 Å². The normalized spacial score (nSPS) is 14.5. The number of carbonyl (C=O) groups is 6. The number of primary amides is 1. The molecular weight excluding hydrogens is 706 g/mol. The number of nitrogens with zero attached hydrogens (tertiary/aromatic N) is 1. The number of hydrogen-bond acceptors (Lipinski definition) is 10. The van der Waals surface area contributed by atoms with Gasteiger partial charge in [0.2, 0.25) is 29.5 Å². The minimum atomic E-state index is -1.09. The van der Waals surface area contributed by atoms with Crippen LogP contribution in [-0.2, 0) is 46.3 Å². The van der Waals surface area contributed by atoms with E-state index in [0.717, 1.165) is 5.56 Å². The van der Waals surface area contributed by atoms with E-state index in [4.69, 9.17) is 16.2 Å². The molecule has 2 aromatic carbocycles. The van der Waals surface area contributed by atoms with E-state index < -0.39 is 66.2 Å². The molecule has 15 nitrogen and oxygen atoms in total. The van der Waals surface area contributed by atoms with Crippen molar-refractivity contribution in [3.05, 3.63) is 89.8 Å². The van der Waals surface area contributed by atoms with Crippen molar-refractivity contribution >= 4 is 35.5 Å². The molecule has 0 saturated carbocycles. The zero-order valence-electron chi connectivity index (χ0n) is 31.8. The number of nitrogens with one attached hydrogen (secondary N) is 4. The Hall–Kier alpha value is -5.70. The Labute approximate surface area is 322 Å². The van der Waals surface area contributed by atoms with E-state index in [0.29, 0.717) is 43.4 Å². The summed E-state index contributed by atoms with van der Waals surface area (Å²) in [6, 6.07) is 11.2. The van der Waals surface area contributed by atoms with Gasteiger partial charge in [-0.1, -0.05) is 62.4 Å². The topological polar surface area (TPSA) is 235 Å². The van der Waals surface area contributed by atoms with Crippen molar-refractivity contribution < 1.29 is 38.6 Å². The Bertz CT molecular complexity index is 1660. The quantitative estimate of drug-likeness (QED) is 0.0674. The molecule has 15 heteroatoms. The number of hydrogen-bond donors (Lipinski definition) is 7. The highest BCUT2D eigenvalue weighted by molar-refractivity contribution is 5.94. The van der Waals surface area contributed by atoms with Crippen molar-refractivity contribution in [2.45, 2.75) is 89.9 Å². The van der Waals surface area contributed by atoms with Gasteiger partial charge in [0, 0.05) is 24.7 Å². The first-order chi connectivity index (χ1) is 26.2. The number of phenols is 1. The monoisotopic (exact) mass is 761 g/mol. The summed E-state index contributed by atoms with van der Waals surface area (Å²) in [5.74, 6) is -3.39. The lowest BCUT2D eigenvalue weighted by Crippen LogP contribution is -2.56. The van der Waals surface area contributed by atoms with Crippen LogP contribution in [0.5, 0.6) is 5.75 Å². The number of allylic oxidation sites excluding steroid dienone is 1. The van der Waals surface area contributed by atoms with Gasteiger partial charge < -0.3 is 47.5 Å². The molecule has 0 aromatic heterocycles. The third-order valence-corrected chi connectivity index (χ3v) is 8.75. The van der Waals surface area contributed by atoms with E-state index in [1.165, 1.54) is 12.1 Å². The van der Waals surface area contributed by atoms with Gasteiger partial charge in [0.05, 0.1) is 19.2 Å². The summed E-state index contributed by atoms with van der Waals surface area (Å²) in [6.45, 7) is 5.66. The van der Waals surface area contributed by atoms with E-state index >= 15 is 0 Å². The second-order valence-corrected chi connectivity index (χ2v) is 13.8. The first kappa shape index (κ1) is 43.7. The lowest BCUT2D eigenvalue weighted by atomic mass is 10.0. The maximum atomic E-state index is 13.5. The van der Waals surface area contributed by atoms with E-state index in [1.54, 1.807) is 49.5 Å². The Morgan fingerprint density at radius 3 is 2.16 bits per heavy atom. The Kier molecular flexibility index (Phi) is 17.9. The van der Waals surface area contributed by atoms with Crippen LogP contribution in [0.15, 0.2) is 78.6 Å². The summed E-state index contributed by atoms with van der Waals surface area (Å²) >= 11 is 0. The summed E-state index contributed by atoms with van der Waals surface area (Å²) in [6.07, 6.45) is 7.68. The second kappa shape index (κ2) is 22.5. The molecule has 55 heavy (non-hydrogen) atoms.